The zero-order valence-corrected chi connectivity index (χ0v) is 12.9. The molecule has 2 aliphatic rings. The molecule has 1 aromatic rings. The summed E-state index contributed by atoms with van der Waals surface area (Å²) in [7, 11) is 0. The molecule has 21 heavy (non-hydrogen) atoms. The Morgan fingerprint density at radius 3 is 2.81 bits per heavy atom. The summed E-state index contributed by atoms with van der Waals surface area (Å²) in [6.07, 6.45) is 1.67. The Labute approximate surface area is 129 Å². The van der Waals surface area contributed by atoms with Crippen LogP contribution in [0.5, 0.6) is 0 Å². The number of ether oxygens (including phenoxy) is 1. The van der Waals surface area contributed by atoms with Gasteiger partial charge in [0.2, 0.25) is 0 Å². The minimum Gasteiger partial charge on any atom is -0.480 e. The molecule has 2 saturated heterocycles. The molecular formula is C16H20ClNO3. The van der Waals surface area contributed by atoms with Crippen molar-refractivity contribution in [1.29, 1.82) is 0 Å². The van der Waals surface area contributed by atoms with Gasteiger partial charge in [0.1, 0.15) is 6.04 Å². The third-order valence-corrected chi connectivity index (χ3v) is 5.25. The second-order valence-electron chi connectivity index (χ2n) is 6.16. The molecule has 2 aliphatic heterocycles. The van der Waals surface area contributed by atoms with Crippen LogP contribution in [-0.4, -0.2) is 41.8 Å². The van der Waals surface area contributed by atoms with Crippen LogP contribution in [0.15, 0.2) is 18.2 Å². The summed E-state index contributed by atoms with van der Waals surface area (Å²) in [6.45, 7) is 4.77. The number of carboxylic acids is 1. The van der Waals surface area contributed by atoms with E-state index in [4.69, 9.17) is 16.3 Å². The molecule has 0 aromatic heterocycles. The van der Waals surface area contributed by atoms with Crippen LogP contribution in [0.3, 0.4) is 0 Å². The monoisotopic (exact) mass is 309 g/mol. The Morgan fingerprint density at radius 1 is 1.48 bits per heavy atom. The number of hydrogen-bond acceptors (Lipinski definition) is 3. The van der Waals surface area contributed by atoms with Crippen LogP contribution in [0.4, 0.5) is 0 Å². The molecule has 2 fully saturated rings. The van der Waals surface area contributed by atoms with Crippen molar-refractivity contribution in [3.63, 3.8) is 0 Å². The van der Waals surface area contributed by atoms with Crippen LogP contribution in [-0.2, 0) is 16.1 Å². The number of aryl methyl sites for hydroxylation is 1. The fourth-order valence-corrected chi connectivity index (χ4v) is 3.98. The van der Waals surface area contributed by atoms with Crippen LogP contribution in [0.1, 0.15) is 24.0 Å². The number of benzene rings is 1. The minimum absolute atomic E-state index is 0.112. The van der Waals surface area contributed by atoms with E-state index < -0.39 is 12.0 Å². The quantitative estimate of drug-likeness (QED) is 0.932. The number of aliphatic carboxylic acids is 1. The van der Waals surface area contributed by atoms with Gasteiger partial charge in [0.15, 0.2) is 0 Å². The van der Waals surface area contributed by atoms with E-state index in [1.54, 1.807) is 0 Å². The Balaban J connectivity index is 1.79. The minimum atomic E-state index is -0.729. The maximum absolute atomic E-state index is 11.7. The topological polar surface area (TPSA) is 49.8 Å². The van der Waals surface area contributed by atoms with Gasteiger partial charge in [-0.25, -0.2) is 0 Å². The number of nitrogens with zero attached hydrogens (tertiary/aromatic N) is 1. The molecule has 0 radical (unpaired) electrons. The molecule has 1 unspecified atom stereocenters. The smallest absolute Gasteiger partial charge is 0.321 e. The maximum Gasteiger partial charge on any atom is 0.321 e. The van der Waals surface area contributed by atoms with Gasteiger partial charge in [0.25, 0.3) is 0 Å². The highest BCUT2D eigenvalue weighted by atomic mass is 35.5. The van der Waals surface area contributed by atoms with Gasteiger partial charge in [0.05, 0.1) is 0 Å². The average Bonchev–Trinajstić information content (AvgIpc) is 2.42. The lowest BCUT2D eigenvalue weighted by Gasteiger charge is -2.57. The van der Waals surface area contributed by atoms with Crippen LogP contribution in [0.2, 0.25) is 5.02 Å². The number of halogens is 1. The SMILES string of the molecule is Cc1cccc(Cl)c1CN1CC2(CCOCC2)C1C(=O)O. The van der Waals surface area contributed by atoms with Gasteiger partial charge in [-0.2, -0.15) is 0 Å². The maximum atomic E-state index is 11.7. The number of carbonyl (C=O) groups is 1. The fourth-order valence-electron chi connectivity index (χ4n) is 3.70. The number of carboxylic acid groups (broad SMARTS) is 1. The van der Waals surface area contributed by atoms with Gasteiger partial charge in [-0.1, -0.05) is 23.7 Å². The highest BCUT2D eigenvalue weighted by Gasteiger charge is 2.56. The van der Waals surface area contributed by atoms with Gasteiger partial charge in [-0.3, -0.25) is 9.69 Å². The molecular weight excluding hydrogens is 290 g/mol. The molecule has 5 heteroatoms. The number of likely N-dealkylation sites (tertiary alicyclic amines) is 1. The second kappa shape index (κ2) is 5.59. The first-order valence-electron chi connectivity index (χ1n) is 7.32. The van der Waals surface area contributed by atoms with Gasteiger partial charge in [0, 0.05) is 36.7 Å². The first kappa shape index (κ1) is 14.8. The van der Waals surface area contributed by atoms with Crippen LogP contribution in [0.25, 0.3) is 0 Å². The Kier molecular flexibility index (Phi) is 3.95. The summed E-state index contributed by atoms with van der Waals surface area (Å²) in [4.78, 5) is 13.7. The molecule has 114 valence electrons. The third kappa shape index (κ3) is 2.56. The van der Waals surface area contributed by atoms with Crippen molar-refractivity contribution in [2.45, 2.75) is 32.4 Å². The number of hydrogen-bond donors (Lipinski definition) is 1. The summed E-state index contributed by atoms with van der Waals surface area (Å²) in [5.74, 6) is -0.729. The van der Waals surface area contributed by atoms with Crippen molar-refractivity contribution in [2.24, 2.45) is 5.41 Å². The Bertz CT molecular complexity index is 534. The lowest BCUT2D eigenvalue weighted by molar-refractivity contribution is -0.179. The first-order chi connectivity index (χ1) is 10.0. The molecule has 0 bridgehead atoms. The molecule has 2 heterocycles. The van der Waals surface area contributed by atoms with Crippen molar-refractivity contribution < 1.29 is 14.6 Å². The summed E-state index contributed by atoms with van der Waals surface area (Å²) < 4.78 is 5.39. The predicted octanol–water partition coefficient (Wildman–Crippen LogP) is 2.71. The van der Waals surface area contributed by atoms with Crippen LogP contribution >= 0.6 is 11.6 Å². The Morgan fingerprint density at radius 2 is 2.19 bits per heavy atom. The first-order valence-corrected chi connectivity index (χ1v) is 7.70. The van der Waals surface area contributed by atoms with E-state index >= 15 is 0 Å². The van der Waals surface area contributed by atoms with E-state index in [-0.39, 0.29) is 5.41 Å². The molecule has 3 rings (SSSR count). The van der Waals surface area contributed by atoms with Gasteiger partial charge in [-0.05, 0) is 37.0 Å². The van der Waals surface area contributed by atoms with E-state index in [9.17, 15) is 9.90 Å². The van der Waals surface area contributed by atoms with Crippen LogP contribution in [0, 0.1) is 12.3 Å². The molecule has 0 saturated carbocycles. The molecule has 1 N–H and O–H groups in total. The largest absolute Gasteiger partial charge is 0.480 e. The molecule has 4 nitrogen and oxygen atoms in total. The number of rotatable bonds is 3. The van der Waals surface area contributed by atoms with E-state index in [0.717, 1.165) is 30.5 Å². The molecule has 0 amide bonds. The Hall–Kier alpha value is -1.10. The van der Waals surface area contributed by atoms with E-state index in [0.29, 0.717) is 24.8 Å². The van der Waals surface area contributed by atoms with Gasteiger partial charge in [-0.15, -0.1) is 0 Å². The van der Waals surface area contributed by atoms with Crippen molar-refractivity contribution >= 4 is 17.6 Å². The fraction of sp³-hybridized carbons (Fsp3) is 0.562. The normalized spacial score (nSPS) is 24.8. The van der Waals surface area contributed by atoms with E-state index in [1.165, 1.54) is 0 Å². The zero-order valence-electron chi connectivity index (χ0n) is 12.1. The standard InChI is InChI=1S/C16H20ClNO3/c1-11-3-2-4-13(17)12(11)9-18-10-16(14(18)15(19)20)5-7-21-8-6-16/h2-4,14H,5-10H2,1H3,(H,19,20). The molecule has 1 spiro atoms. The highest BCUT2D eigenvalue weighted by Crippen LogP contribution is 2.47. The van der Waals surface area contributed by atoms with Crippen LogP contribution < -0.4 is 0 Å². The van der Waals surface area contributed by atoms with E-state index in [1.807, 2.05) is 30.0 Å². The van der Waals surface area contributed by atoms with Crippen molar-refractivity contribution in [3.05, 3.63) is 34.3 Å². The molecule has 0 aliphatic carbocycles. The van der Waals surface area contributed by atoms with Crippen molar-refractivity contribution in [1.82, 2.24) is 4.90 Å². The molecule has 1 atom stereocenters. The lowest BCUT2D eigenvalue weighted by atomic mass is 9.66. The van der Waals surface area contributed by atoms with Gasteiger partial charge >= 0.3 is 5.97 Å². The summed E-state index contributed by atoms with van der Waals surface area (Å²) in [6, 6.07) is 5.38. The summed E-state index contributed by atoms with van der Waals surface area (Å²) in [5.41, 5.74) is 2.03. The van der Waals surface area contributed by atoms with Crippen molar-refractivity contribution in [3.8, 4) is 0 Å². The second-order valence-corrected chi connectivity index (χ2v) is 6.56. The lowest BCUT2D eigenvalue weighted by Crippen LogP contribution is -2.68. The van der Waals surface area contributed by atoms with Crippen molar-refractivity contribution in [2.75, 3.05) is 19.8 Å². The van der Waals surface area contributed by atoms with Gasteiger partial charge < -0.3 is 9.84 Å². The summed E-state index contributed by atoms with van der Waals surface area (Å²) in [5, 5.41) is 10.3. The third-order valence-electron chi connectivity index (χ3n) is 4.90. The zero-order chi connectivity index (χ0) is 15.0. The predicted molar refractivity (Wildman–Crippen MR) is 80.5 cm³/mol. The van der Waals surface area contributed by atoms with E-state index in [2.05, 4.69) is 0 Å². The highest BCUT2D eigenvalue weighted by molar-refractivity contribution is 6.31. The molecule has 1 aromatic carbocycles. The average molecular weight is 310 g/mol. The summed E-state index contributed by atoms with van der Waals surface area (Å²) >= 11 is 6.27.